The highest BCUT2D eigenvalue weighted by Crippen LogP contribution is 2.34. The van der Waals surface area contributed by atoms with E-state index in [-0.39, 0.29) is 0 Å². The number of rotatable bonds is 13. The van der Waals surface area contributed by atoms with Gasteiger partial charge in [0.25, 0.3) is 0 Å². The van der Waals surface area contributed by atoms with E-state index in [0.29, 0.717) is 31.1 Å². The Bertz CT molecular complexity index is 976. The molecule has 1 N–H and O–H groups in total. The van der Waals surface area contributed by atoms with Gasteiger partial charge in [-0.3, -0.25) is 0 Å². The molecule has 0 radical (unpaired) electrons. The zero-order chi connectivity index (χ0) is 21.9. The van der Waals surface area contributed by atoms with Gasteiger partial charge in [0.15, 0.2) is 11.5 Å². The van der Waals surface area contributed by atoms with Crippen LogP contribution in [0.3, 0.4) is 0 Å². The summed E-state index contributed by atoms with van der Waals surface area (Å²) in [5, 5.41) is 4.26. The van der Waals surface area contributed by atoms with Crippen molar-refractivity contribution in [2.45, 2.75) is 38.6 Å². The molecule has 3 rings (SSSR count). The van der Waals surface area contributed by atoms with Crippen LogP contribution in [0.2, 0.25) is 0 Å². The lowest BCUT2D eigenvalue weighted by molar-refractivity contribution is -0.107. The van der Waals surface area contributed by atoms with E-state index in [0.717, 1.165) is 60.0 Å². The van der Waals surface area contributed by atoms with Crippen molar-refractivity contribution < 1.29 is 19.0 Å². The maximum Gasteiger partial charge on any atom is 0.162 e. The fraction of sp³-hybridized carbons (Fsp3) is 0.375. The number of unbranched alkanes of at least 4 members (excludes halogenated alkanes) is 4. The monoisotopic (exact) mass is 423 g/mol. The number of aldehydes is 1. The minimum absolute atomic E-state index is 0.589. The number of benzene rings is 2. The van der Waals surface area contributed by atoms with Crippen LogP contribution in [0, 0.1) is 0 Å². The summed E-state index contributed by atoms with van der Waals surface area (Å²) >= 11 is 0. The Morgan fingerprint density at radius 2 is 1.74 bits per heavy atom. The third kappa shape index (κ3) is 6.31. The van der Waals surface area contributed by atoms with Gasteiger partial charge < -0.3 is 24.3 Å². The Morgan fingerprint density at radius 1 is 0.935 bits per heavy atom. The molecule has 0 saturated heterocycles. The molecule has 0 amide bonds. The topological polar surface area (TPSA) is 82.6 Å². The zero-order valence-corrected chi connectivity index (χ0v) is 18.1. The van der Waals surface area contributed by atoms with Crippen LogP contribution in [0.25, 0.3) is 10.9 Å². The second kappa shape index (κ2) is 11.7. The van der Waals surface area contributed by atoms with E-state index in [4.69, 9.17) is 14.2 Å². The quantitative estimate of drug-likeness (QED) is 0.313. The maximum absolute atomic E-state index is 10.4. The fourth-order valence-electron chi connectivity index (χ4n) is 3.27. The number of ether oxygens (including phenoxy) is 3. The van der Waals surface area contributed by atoms with Gasteiger partial charge in [-0.2, -0.15) is 0 Å². The first-order valence-electron chi connectivity index (χ1n) is 10.5. The maximum atomic E-state index is 10.4. The summed E-state index contributed by atoms with van der Waals surface area (Å²) in [7, 11) is 3.28. The number of nitrogens with zero attached hydrogens (tertiary/aromatic N) is 2. The van der Waals surface area contributed by atoms with Crippen molar-refractivity contribution in [1.29, 1.82) is 0 Å². The Labute approximate surface area is 182 Å². The van der Waals surface area contributed by atoms with Gasteiger partial charge in [-0.25, -0.2) is 9.97 Å². The van der Waals surface area contributed by atoms with Crippen LogP contribution >= 0.6 is 0 Å². The number of carbonyl (C=O) groups is 1. The van der Waals surface area contributed by atoms with Gasteiger partial charge in [-0.05, 0) is 36.6 Å². The van der Waals surface area contributed by atoms with E-state index in [9.17, 15) is 4.79 Å². The van der Waals surface area contributed by atoms with E-state index in [1.807, 2.05) is 36.4 Å². The second-order valence-electron chi connectivity index (χ2n) is 7.16. The molecule has 0 fully saturated rings. The minimum Gasteiger partial charge on any atom is -0.497 e. The summed E-state index contributed by atoms with van der Waals surface area (Å²) < 4.78 is 16.7. The van der Waals surface area contributed by atoms with Crippen molar-refractivity contribution >= 4 is 23.0 Å². The summed E-state index contributed by atoms with van der Waals surface area (Å²) in [6.07, 6.45) is 7.06. The third-order valence-corrected chi connectivity index (χ3v) is 5.01. The minimum atomic E-state index is 0.589. The van der Waals surface area contributed by atoms with Crippen molar-refractivity contribution in [3.8, 4) is 17.2 Å². The summed E-state index contributed by atoms with van der Waals surface area (Å²) in [5.41, 5.74) is 1.90. The molecule has 0 bridgehead atoms. The lowest BCUT2D eigenvalue weighted by Gasteiger charge is -2.14. The molecular formula is C24H29N3O4. The van der Waals surface area contributed by atoms with Crippen molar-refractivity contribution in [3.63, 3.8) is 0 Å². The number of carbonyl (C=O) groups excluding carboxylic acids is 1. The first-order valence-corrected chi connectivity index (χ1v) is 10.5. The normalized spacial score (nSPS) is 10.6. The Kier molecular flexibility index (Phi) is 8.46. The number of fused-ring (bicyclic) bond motifs is 1. The highest BCUT2D eigenvalue weighted by atomic mass is 16.5. The number of methoxy groups -OCH3 is 2. The summed E-state index contributed by atoms with van der Waals surface area (Å²) in [4.78, 5) is 19.2. The van der Waals surface area contributed by atoms with E-state index >= 15 is 0 Å². The van der Waals surface area contributed by atoms with E-state index < -0.39 is 0 Å². The molecule has 0 spiro atoms. The molecule has 0 saturated carbocycles. The van der Waals surface area contributed by atoms with Crippen LogP contribution in [-0.4, -0.2) is 37.1 Å². The first kappa shape index (κ1) is 22.3. The van der Waals surface area contributed by atoms with Crippen LogP contribution in [0.4, 0.5) is 5.82 Å². The fourth-order valence-corrected chi connectivity index (χ4v) is 3.27. The number of nitrogens with one attached hydrogen (secondary N) is 1. The zero-order valence-electron chi connectivity index (χ0n) is 18.1. The highest BCUT2D eigenvalue weighted by molar-refractivity contribution is 5.91. The van der Waals surface area contributed by atoms with Crippen LogP contribution in [-0.2, 0) is 11.3 Å². The Balaban J connectivity index is 1.68. The van der Waals surface area contributed by atoms with Crippen LogP contribution in [0.1, 0.15) is 37.7 Å². The third-order valence-electron chi connectivity index (χ3n) is 5.01. The van der Waals surface area contributed by atoms with Crippen LogP contribution in [0.15, 0.2) is 42.7 Å². The smallest absolute Gasteiger partial charge is 0.162 e. The lowest BCUT2D eigenvalue weighted by Crippen LogP contribution is -2.04. The molecule has 3 aromatic rings. The van der Waals surface area contributed by atoms with Gasteiger partial charge >= 0.3 is 0 Å². The molecular weight excluding hydrogens is 394 g/mol. The number of anilines is 1. The van der Waals surface area contributed by atoms with Crippen molar-refractivity contribution in [3.05, 3.63) is 48.3 Å². The van der Waals surface area contributed by atoms with Crippen LogP contribution < -0.4 is 19.5 Å². The molecule has 1 heterocycles. The molecule has 7 heteroatoms. The van der Waals surface area contributed by atoms with Gasteiger partial charge in [0, 0.05) is 24.4 Å². The highest BCUT2D eigenvalue weighted by Gasteiger charge is 2.12. The van der Waals surface area contributed by atoms with E-state index in [1.165, 1.54) is 6.33 Å². The molecule has 164 valence electrons. The standard InChI is InChI=1S/C24H29N3O4/c1-29-19-10-8-18(9-11-19)16-25-24-20-14-23(31-13-7-5-3-4-6-12-28)22(30-2)15-21(20)26-17-27-24/h8-12,14-15,17H,3-7,13,16H2,1-2H3,(H,25,26,27). The summed E-state index contributed by atoms with van der Waals surface area (Å²) in [5.74, 6) is 2.88. The Morgan fingerprint density at radius 3 is 2.48 bits per heavy atom. The number of aromatic nitrogens is 2. The van der Waals surface area contributed by atoms with Gasteiger partial charge in [0.1, 0.15) is 24.2 Å². The van der Waals surface area contributed by atoms with Gasteiger partial charge in [-0.1, -0.05) is 25.0 Å². The molecule has 0 aliphatic rings. The number of hydrogen-bond donors (Lipinski definition) is 1. The second-order valence-corrected chi connectivity index (χ2v) is 7.16. The lowest BCUT2D eigenvalue weighted by atomic mass is 10.1. The van der Waals surface area contributed by atoms with Crippen molar-refractivity contribution in [2.24, 2.45) is 0 Å². The van der Waals surface area contributed by atoms with E-state index in [1.54, 1.807) is 14.2 Å². The predicted molar refractivity (Wildman–Crippen MR) is 121 cm³/mol. The molecule has 0 unspecified atom stereocenters. The molecule has 1 aromatic heterocycles. The van der Waals surface area contributed by atoms with Crippen LogP contribution in [0.5, 0.6) is 17.2 Å². The van der Waals surface area contributed by atoms with Gasteiger partial charge in [-0.15, -0.1) is 0 Å². The Hall–Kier alpha value is -3.35. The molecule has 7 nitrogen and oxygen atoms in total. The predicted octanol–water partition coefficient (Wildman–Crippen LogP) is 4.79. The van der Waals surface area contributed by atoms with Gasteiger partial charge in [0.2, 0.25) is 0 Å². The molecule has 0 aliphatic heterocycles. The van der Waals surface area contributed by atoms with Crippen molar-refractivity contribution in [1.82, 2.24) is 9.97 Å². The summed E-state index contributed by atoms with van der Waals surface area (Å²) in [6.45, 7) is 1.21. The SMILES string of the molecule is COc1ccc(CNc2ncnc3cc(OC)c(OCCCCCCC=O)cc23)cc1. The first-order chi connectivity index (χ1) is 15.2. The average Bonchev–Trinajstić information content (AvgIpc) is 2.82. The van der Waals surface area contributed by atoms with E-state index in [2.05, 4.69) is 15.3 Å². The van der Waals surface area contributed by atoms with Crippen molar-refractivity contribution in [2.75, 3.05) is 26.1 Å². The largest absolute Gasteiger partial charge is 0.497 e. The molecule has 0 aliphatic carbocycles. The summed E-state index contributed by atoms with van der Waals surface area (Å²) in [6, 6.07) is 11.7. The molecule has 2 aromatic carbocycles. The molecule has 0 atom stereocenters. The number of hydrogen-bond acceptors (Lipinski definition) is 7. The average molecular weight is 424 g/mol. The molecule has 31 heavy (non-hydrogen) atoms. The van der Waals surface area contributed by atoms with Gasteiger partial charge in [0.05, 0.1) is 26.3 Å².